The molecule has 5 heterocycles. The van der Waals surface area contributed by atoms with Gasteiger partial charge in [0.05, 0.1) is 37.2 Å². The number of hydrogen-bond acceptors (Lipinski definition) is 15. The van der Waals surface area contributed by atoms with E-state index in [9.17, 15) is 63.0 Å². The molecule has 2 fully saturated rings. The fraction of sp³-hybridized carbons (Fsp3) is 0.475. The number of carbonyl (C=O) groups excluding carboxylic acids is 11. The molecule has 472 valence electrons. The summed E-state index contributed by atoms with van der Waals surface area (Å²) in [6.07, 6.45) is 7.82. The first-order valence-electron chi connectivity index (χ1n) is 29.2. The quantitative estimate of drug-likeness (QED) is 0.0227. The van der Waals surface area contributed by atoms with E-state index >= 15 is 0 Å². The molecule has 0 unspecified atom stereocenters. The second-order valence-electron chi connectivity index (χ2n) is 22.9. The molecule has 5 aromatic rings. The van der Waals surface area contributed by atoms with Crippen LogP contribution < -0.4 is 53.6 Å². The molecule has 2 saturated heterocycles. The van der Waals surface area contributed by atoms with E-state index in [1.807, 2.05) is 19.9 Å². The van der Waals surface area contributed by atoms with Gasteiger partial charge in [0, 0.05) is 68.1 Å². The van der Waals surface area contributed by atoms with Crippen molar-refractivity contribution >= 4 is 75.9 Å². The monoisotopic (exact) mass is 1220 g/mol. The van der Waals surface area contributed by atoms with E-state index in [-0.39, 0.29) is 87.8 Å². The zero-order valence-corrected chi connectivity index (χ0v) is 49.4. The van der Waals surface area contributed by atoms with Gasteiger partial charge in [0.25, 0.3) is 0 Å². The minimum atomic E-state index is -1.75. The Bertz CT molecular complexity index is 3260. The van der Waals surface area contributed by atoms with Gasteiger partial charge >= 0.3 is 0 Å². The third-order valence-electron chi connectivity index (χ3n) is 15.0. The van der Waals surface area contributed by atoms with Crippen LogP contribution in [0.1, 0.15) is 88.7 Å². The Kier molecular flexibility index (Phi) is 23.3. The van der Waals surface area contributed by atoms with Crippen molar-refractivity contribution in [3.8, 4) is 5.75 Å². The summed E-state index contributed by atoms with van der Waals surface area (Å²) in [5.74, 6) is -8.72. The number of carbonyl (C=O) groups is 11. The first-order chi connectivity index (χ1) is 42.0. The van der Waals surface area contributed by atoms with Crippen molar-refractivity contribution in [1.82, 2.24) is 77.7 Å². The molecule has 88 heavy (non-hydrogen) atoms. The summed E-state index contributed by atoms with van der Waals surface area (Å²) in [4.78, 5) is 170. The molecule has 2 aliphatic rings. The third kappa shape index (κ3) is 18.7. The van der Waals surface area contributed by atoms with Crippen LogP contribution in [0.5, 0.6) is 5.75 Å². The van der Waals surface area contributed by atoms with Crippen LogP contribution in [0.4, 0.5) is 0 Å². The van der Waals surface area contributed by atoms with Gasteiger partial charge in [-0.3, -0.25) is 52.7 Å². The number of amides is 11. The van der Waals surface area contributed by atoms with Crippen LogP contribution in [0, 0.1) is 11.8 Å². The van der Waals surface area contributed by atoms with E-state index in [0.717, 1.165) is 5.52 Å². The second kappa shape index (κ2) is 31.1. The average Bonchev–Trinajstić information content (AvgIpc) is 4.40. The number of nitrogens with zero attached hydrogens (tertiary/aromatic N) is 3. The number of rotatable bonds is 31. The van der Waals surface area contributed by atoms with Gasteiger partial charge < -0.3 is 83.6 Å². The van der Waals surface area contributed by atoms with Crippen molar-refractivity contribution in [3.05, 3.63) is 102 Å². The van der Waals surface area contributed by atoms with Gasteiger partial charge in [-0.2, -0.15) is 0 Å². The van der Waals surface area contributed by atoms with Gasteiger partial charge in [-0.05, 0) is 73.3 Å². The lowest BCUT2D eigenvalue weighted by Gasteiger charge is -2.31. The highest BCUT2D eigenvalue weighted by Crippen LogP contribution is 2.23. The van der Waals surface area contributed by atoms with Crippen LogP contribution in [0.25, 0.3) is 10.9 Å². The first kappa shape index (κ1) is 65.9. The van der Waals surface area contributed by atoms with E-state index in [0.29, 0.717) is 34.3 Å². The number of imidazole rings is 2. The Morgan fingerprint density at radius 3 is 1.68 bits per heavy atom. The van der Waals surface area contributed by atoms with Crippen LogP contribution in [0.3, 0.4) is 0 Å². The number of hydrogen-bond donors (Lipinski definition) is 15. The molecule has 2 aliphatic heterocycles. The molecule has 0 bridgehead atoms. The number of para-hydroxylation sites is 1. The van der Waals surface area contributed by atoms with Crippen LogP contribution in [0.2, 0.25) is 0 Å². The summed E-state index contributed by atoms with van der Waals surface area (Å²) in [7, 11) is 0. The maximum atomic E-state index is 14.6. The fourth-order valence-corrected chi connectivity index (χ4v) is 10.6. The smallest absolute Gasteiger partial charge is 0.246 e. The van der Waals surface area contributed by atoms with Gasteiger partial charge in [-0.15, -0.1) is 0 Å². The van der Waals surface area contributed by atoms with E-state index < -0.39 is 127 Å². The number of aromatic hydroxyl groups is 1. The maximum Gasteiger partial charge on any atom is 0.246 e. The molecule has 7 rings (SSSR count). The molecule has 0 saturated carbocycles. The molecular formula is C59H78N16O13. The Morgan fingerprint density at radius 1 is 0.625 bits per heavy atom. The van der Waals surface area contributed by atoms with Gasteiger partial charge in [0.15, 0.2) is 0 Å². The van der Waals surface area contributed by atoms with Crippen LogP contribution >= 0.6 is 0 Å². The average molecular weight is 1220 g/mol. The Morgan fingerprint density at radius 2 is 1.15 bits per heavy atom. The highest BCUT2D eigenvalue weighted by Gasteiger charge is 2.40. The largest absolute Gasteiger partial charge is 0.508 e. The van der Waals surface area contributed by atoms with E-state index in [1.54, 1.807) is 50.4 Å². The Labute approximate surface area is 506 Å². The highest BCUT2D eigenvalue weighted by molar-refractivity contribution is 6.00. The topological polar surface area (TPSA) is 439 Å². The number of phenols is 1. The van der Waals surface area contributed by atoms with Crippen LogP contribution in [0.15, 0.2) is 79.8 Å². The number of primary amides is 1. The maximum absolute atomic E-state index is 14.6. The molecule has 0 aliphatic carbocycles. The predicted molar refractivity (Wildman–Crippen MR) is 316 cm³/mol. The first-order valence-corrected chi connectivity index (χ1v) is 29.2. The van der Waals surface area contributed by atoms with Gasteiger partial charge in [0.1, 0.15) is 60.1 Å². The van der Waals surface area contributed by atoms with Crippen LogP contribution in [-0.4, -0.2) is 179 Å². The molecule has 9 atom stereocenters. The summed E-state index contributed by atoms with van der Waals surface area (Å²) in [6, 6.07) is 1.30. The molecular weight excluding hydrogens is 1140 g/mol. The molecule has 29 nitrogen and oxygen atoms in total. The number of benzene rings is 2. The zero-order valence-electron chi connectivity index (χ0n) is 49.4. The summed E-state index contributed by atoms with van der Waals surface area (Å²) >= 11 is 0. The normalized spacial score (nSPS) is 17.1. The number of aliphatic hydroxyl groups excluding tert-OH is 1. The Balaban J connectivity index is 1.08. The fourth-order valence-electron chi connectivity index (χ4n) is 10.6. The second-order valence-corrected chi connectivity index (χ2v) is 22.9. The van der Waals surface area contributed by atoms with Crippen molar-refractivity contribution in [1.29, 1.82) is 0 Å². The molecule has 0 radical (unpaired) electrons. The molecule has 16 N–H and O–H groups in total. The van der Waals surface area contributed by atoms with Crippen molar-refractivity contribution in [2.45, 2.75) is 146 Å². The molecule has 2 aromatic carbocycles. The van der Waals surface area contributed by atoms with E-state index in [4.69, 9.17) is 5.73 Å². The summed E-state index contributed by atoms with van der Waals surface area (Å²) in [5.41, 5.74) is 7.77. The lowest BCUT2D eigenvalue weighted by atomic mass is 9.98. The number of phenolic OH excluding ortho intramolecular Hbond substituents is 1. The number of H-pyrrole nitrogens is 3. The number of nitrogens with two attached hydrogens (primary N) is 1. The highest BCUT2D eigenvalue weighted by atomic mass is 16.3. The molecule has 11 amide bonds. The number of likely N-dealkylation sites (tertiary alicyclic amines) is 1. The SMILES string of the molecule is CC(C)C[C@H](NC(=O)[C@@H](CC(C)C)NC(=O)[C@H](Cc1c[nH]cn1)NC(=O)[C@H](CO)NC(=O)[C@H](Cc1c[nH]c2ccccc12)NC(=O)[C@H](Cc1c[nH]cn1)NC(=O)[C@@H]1CCC(=O)N1)C(=O)N[C@@H](Cc1ccc(O)cc1)C(=O)N1CCC[C@H]1C(=O)NCC(N)=O. The number of fused-ring (bicyclic) bond motifs is 1. The Hall–Kier alpha value is -9.67. The summed E-state index contributed by atoms with van der Waals surface area (Å²) in [5, 5.41) is 45.3. The standard InChI is InChI=1S/C59H78N16O13/c1-31(2)18-41(52(81)68-42(19-32(3)4)53(82)73-46(20-33-11-13-37(77)14-12-33)59(88)75-17-7-10-48(75)58(87)64-27-49(60)78)69-55(84)45(23-36-26-62-30-66-36)72-57(86)47(28-76)74-54(83)43(21-34-24-63-39-9-6-5-8-38(34)39)70-56(85)44(22-35-25-61-29-65-35)71-51(80)40-15-16-50(79)67-40/h5-6,8-9,11-14,24-26,29-32,40-48,63,76-77H,7,10,15-23,27-28H2,1-4H3,(H2,60,78)(H,61,65)(H,62,66)(H,64,87)(H,67,79)(H,68,81)(H,69,84)(H,70,85)(H,71,80)(H,72,86)(H,73,82)(H,74,83)/t40-,41+,42-,43-,44-,45-,46-,47-,48-/m0/s1. The van der Waals surface area contributed by atoms with E-state index in [2.05, 4.69) is 72.8 Å². The van der Waals surface area contributed by atoms with Crippen molar-refractivity contribution in [2.24, 2.45) is 17.6 Å². The number of aromatic nitrogens is 5. The van der Waals surface area contributed by atoms with Crippen molar-refractivity contribution < 1.29 is 63.0 Å². The summed E-state index contributed by atoms with van der Waals surface area (Å²) in [6.45, 7) is 5.91. The van der Waals surface area contributed by atoms with Gasteiger partial charge in [-0.25, -0.2) is 9.97 Å². The molecule has 29 heteroatoms. The van der Waals surface area contributed by atoms with Crippen LogP contribution in [-0.2, 0) is 78.4 Å². The van der Waals surface area contributed by atoms with Gasteiger partial charge in [-0.1, -0.05) is 58.0 Å². The lowest BCUT2D eigenvalue weighted by Crippen LogP contribution is -2.61. The minimum Gasteiger partial charge on any atom is -0.508 e. The van der Waals surface area contributed by atoms with Crippen molar-refractivity contribution in [3.63, 3.8) is 0 Å². The third-order valence-corrected chi connectivity index (χ3v) is 15.0. The zero-order chi connectivity index (χ0) is 63.6. The van der Waals surface area contributed by atoms with Crippen molar-refractivity contribution in [2.75, 3.05) is 19.7 Å². The van der Waals surface area contributed by atoms with E-state index in [1.165, 1.54) is 42.1 Å². The summed E-state index contributed by atoms with van der Waals surface area (Å²) < 4.78 is 0. The lowest BCUT2D eigenvalue weighted by molar-refractivity contribution is -0.142. The van der Waals surface area contributed by atoms with Gasteiger partial charge in [0.2, 0.25) is 65.0 Å². The predicted octanol–water partition coefficient (Wildman–Crippen LogP) is -2.06. The minimum absolute atomic E-state index is 0.0229. The number of aliphatic hydroxyl groups is 1. The number of nitrogens with one attached hydrogen (secondary N) is 12. The molecule has 0 spiro atoms. The number of aromatic amines is 3. The molecule has 3 aromatic heterocycles.